The van der Waals surface area contributed by atoms with Crippen molar-refractivity contribution in [2.45, 2.75) is 13.8 Å². The minimum atomic E-state index is -0.146. The fourth-order valence-corrected chi connectivity index (χ4v) is 2.00. The molecule has 17 heavy (non-hydrogen) atoms. The summed E-state index contributed by atoms with van der Waals surface area (Å²) < 4.78 is 1.57. The largest absolute Gasteiger partial charge is 0.394 e. The van der Waals surface area contributed by atoms with Gasteiger partial charge in [0.1, 0.15) is 5.69 Å². The van der Waals surface area contributed by atoms with Crippen LogP contribution in [0, 0.1) is 13.8 Å². The van der Waals surface area contributed by atoms with E-state index in [9.17, 15) is 4.79 Å². The number of rotatable bonds is 1. The van der Waals surface area contributed by atoms with Crippen LogP contribution in [0.5, 0.6) is 0 Å². The number of nitrogen functional groups attached to an aromatic ring is 1. The molecule has 0 atom stereocenters. The predicted molar refractivity (Wildman–Crippen MR) is 68.8 cm³/mol. The highest BCUT2D eigenvalue weighted by atomic mass is 16.1. The molecule has 0 saturated carbocycles. The molecule has 2 rings (SSSR count). The molecule has 2 heterocycles. The molecule has 0 aliphatic carbocycles. The van der Waals surface area contributed by atoms with Crippen molar-refractivity contribution in [1.82, 2.24) is 9.55 Å². The summed E-state index contributed by atoms with van der Waals surface area (Å²) in [5.74, 6) is 0. The Morgan fingerprint density at radius 3 is 2.65 bits per heavy atom. The third-order valence-electron chi connectivity index (χ3n) is 3.13. The van der Waals surface area contributed by atoms with Gasteiger partial charge in [0, 0.05) is 36.3 Å². The molecule has 0 radical (unpaired) electrons. The van der Waals surface area contributed by atoms with Gasteiger partial charge in [-0.25, -0.2) is 0 Å². The van der Waals surface area contributed by atoms with Crippen LogP contribution < -0.4 is 11.3 Å². The molecule has 2 aromatic rings. The lowest BCUT2D eigenvalue weighted by Gasteiger charge is -2.15. The van der Waals surface area contributed by atoms with Crippen LogP contribution >= 0.6 is 0 Å². The van der Waals surface area contributed by atoms with E-state index in [1.54, 1.807) is 24.0 Å². The quantitative estimate of drug-likeness (QED) is 0.808. The van der Waals surface area contributed by atoms with Gasteiger partial charge in [-0.3, -0.25) is 9.78 Å². The van der Waals surface area contributed by atoms with Gasteiger partial charge in [-0.05, 0) is 25.5 Å². The predicted octanol–water partition coefficient (Wildman–Crippen LogP) is 1.65. The molecule has 0 saturated heterocycles. The lowest BCUT2D eigenvalue weighted by molar-refractivity contribution is 0.821. The van der Waals surface area contributed by atoms with Crippen LogP contribution in [0.2, 0.25) is 0 Å². The average molecular weight is 229 g/mol. The van der Waals surface area contributed by atoms with Crippen LogP contribution in [0.15, 0.2) is 29.3 Å². The zero-order valence-corrected chi connectivity index (χ0v) is 10.2. The van der Waals surface area contributed by atoms with Gasteiger partial charge in [-0.15, -0.1) is 0 Å². The Labute approximate surface area is 99.7 Å². The second-order valence-electron chi connectivity index (χ2n) is 4.10. The van der Waals surface area contributed by atoms with Gasteiger partial charge in [0.25, 0.3) is 5.56 Å². The van der Waals surface area contributed by atoms with Crippen molar-refractivity contribution in [3.05, 3.63) is 46.1 Å². The molecule has 4 nitrogen and oxygen atoms in total. The number of nitrogens with two attached hydrogens (primary N) is 1. The van der Waals surface area contributed by atoms with E-state index in [1.165, 1.54) is 0 Å². The van der Waals surface area contributed by atoms with E-state index in [0.29, 0.717) is 5.69 Å². The van der Waals surface area contributed by atoms with Gasteiger partial charge in [-0.2, -0.15) is 0 Å². The maximum Gasteiger partial charge on any atom is 0.273 e. The molecule has 0 spiro atoms. The molecule has 0 amide bonds. The van der Waals surface area contributed by atoms with Gasteiger partial charge in [-0.1, -0.05) is 6.07 Å². The van der Waals surface area contributed by atoms with Crippen LogP contribution in [0.25, 0.3) is 11.1 Å². The molecule has 4 heteroatoms. The van der Waals surface area contributed by atoms with Crippen molar-refractivity contribution >= 4 is 5.69 Å². The Hall–Kier alpha value is -2.10. The summed E-state index contributed by atoms with van der Waals surface area (Å²) in [6, 6.07) is 3.84. The number of pyridine rings is 2. The Morgan fingerprint density at radius 2 is 2.06 bits per heavy atom. The fourth-order valence-electron chi connectivity index (χ4n) is 2.00. The first-order valence-electron chi connectivity index (χ1n) is 5.40. The summed E-state index contributed by atoms with van der Waals surface area (Å²) >= 11 is 0. The van der Waals surface area contributed by atoms with Crippen molar-refractivity contribution in [2.24, 2.45) is 7.05 Å². The van der Waals surface area contributed by atoms with E-state index >= 15 is 0 Å². The molecule has 0 aromatic carbocycles. The summed E-state index contributed by atoms with van der Waals surface area (Å²) in [6.45, 7) is 3.78. The van der Waals surface area contributed by atoms with Crippen molar-refractivity contribution in [2.75, 3.05) is 5.73 Å². The zero-order chi connectivity index (χ0) is 12.6. The Morgan fingerprint density at radius 1 is 1.35 bits per heavy atom. The molecule has 0 fully saturated rings. The fraction of sp³-hybridized carbons (Fsp3) is 0.231. The summed E-state index contributed by atoms with van der Waals surface area (Å²) in [5.41, 5.74) is 9.67. The summed E-state index contributed by atoms with van der Waals surface area (Å²) in [4.78, 5) is 15.9. The van der Waals surface area contributed by atoms with E-state index in [1.807, 2.05) is 26.0 Å². The van der Waals surface area contributed by atoms with Gasteiger partial charge in [0.15, 0.2) is 0 Å². The standard InChI is InChI=1S/C13H15N3O/c1-8-11(10-5-4-6-15-7-10)9(2)16(3)13(17)12(8)14/h4-7H,14H2,1-3H3. The lowest BCUT2D eigenvalue weighted by Crippen LogP contribution is -2.24. The highest BCUT2D eigenvalue weighted by Gasteiger charge is 2.14. The van der Waals surface area contributed by atoms with Crippen LogP contribution in [0.3, 0.4) is 0 Å². The van der Waals surface area contributed by atoms with Crippen LogP contribution in [-0.2, 0) is 7.05 Å². The average Bonchev–Trinajstić information content (AvgIpc) is 2.36. The van der Waals surface area contributed by atoms with Gasteiger partial charge in [0.2, 0.25) is 0 Å². The summed E-state index contributed by atoms with van der Waals surface area (Å²) in [5, 5.41) is 0. The minimum Gasteiger partial charge on any atom is -0.394 e. The molecule has 0 aliphatic rings. The number of anilines is 1. The molecule has 0 unspecified atom stereocenters. The number of nitrogens with zero attached hydrogens (tertiary/aromatic N) is 2. The Kier molecular flexibility index (Phi) is 2.71. The Balaban J connectivity index is 2.84. The van der Waals surface area contributed by atoms with Gasteiger partial charge < -0.3 is 10.3 Å². The maximum atomic E-state index is 11.8. The lowest BCUT2D eigenvalue weighted by atomic mass is 9.99. The monoisotopic (exact) mass is 229 g/mol. The van der Waals surface area contributed by atoms with E-state index in [4.69, 9.17) is 5.73 Å². The molecular formula is C13H15N3O. The van der Waals surface area contributed by atoms with Crippen molar-refractivity contribution in [3.8, 4) is 11.1 Å². The maximum absolute atomic E-state index is 11.8. The van der Waals surface area contributed by atoms with Crippen molar-refractivity contribution in [1.29, 1.82) is 0 Å². The van der Waals surface area contributed by atoms with Crippen molar-refractivity contribution in [3.63, 3.8) is 0 Å². The number of hydrogen-bond acceptors (Lipinski definition) is 3. The first-order valence-corrected chi connectivity index (χ1v) is 5.40. The molecular weight excluding hydrogens is 214 g/mol. The van der Waals surface area contributed by atoms with Gasteiger partial charge >= 0.3 is 0 Å². The molecule has 0 bridgehead atoms. The SMILES string of the molecule is Cc1c(-c2cccnc2)c(C)n(C)c(=O)c1N. The second-order valence-corrected chi connectivity index (χ2v) is 4.10. The molecule has 2 aromatic heterocycles. The second kappa shape index (κ2) is 4.05. The van der Waals surface area contributed by atoms with Gasteiger partial charge in [0.05, 0.1) is 0 Å². The molecule has 88 valence electrons. The Bertz CT molecular complexity index is 583. The summed E-state index contributed by atoms with van der Waals surface area (Å²) in [6.07, 6.45) is 3.50. The topological polar surface area (TPSA) is 60.9 Å². The number of aromatic nitrogens is 2. The first kappa shape index (κ1) is 11.4. The smallest absolute Gasteiger partial charge is 0.273 e. The minimum absolute atomic E-state index is 0.146. The highest BCUT2D eigenvalue weighted by Crippen LogP contribution is 2.27. The third-order valence-corrected chi connectivity index (χ3v) is 3.13. The highest BCUT2D eigenvalue weighted by molar-refractivity contribution is 5.73. The molecule has 0 aliphatic heterocycles. The normalized spacial score (nSPS) is 10.5. The third kappa shape index (κ3) is 1.71. The first-order chi connectivity index (χ1) is 8.04. The van der Waals surface area contributed by atoms with Crippen LogP contribution in [0.4, 0.5) is 5.69 Å². The zero-order valence-electron chi connectivity index (χ0n) is 10.2. The van der Waals surface area contributed by atoms with E-state index in [2.05, 4.69) is 4.98 Å². The van der Waals surface area contributed by atoms with E-state index in [-0.39, 0.29) is 5.56 Å². The molecule has 2 N–H and O–H groups in total. The summed E-state index contributed by atoms with van der Waals surface area (Å²) in [7, 11) is 1.73. The van der Waals surface area contributed by atoms with Crippen LogP contribution in [0.1, 0.15) is 11.3 Å². The van der Waals surface area contributed by atoms with E-state index in [0.717, 1.165) is 22.4 Å². The van der Waals surface area contributed by atoms with Crippen LogP contribution in [-0.4, -0.2) is 9.55 Å². The van der Waals surface area contributed by atoms with Crippen molar-refractivity contribution < 1.29 is 0 Å². The number of hydrogen-bond donors (Lipinski definition) is 1. The van der Waals surface area contributed by atoms with E-state index < -0.39 is 0 Å².